The van der Waals surface area contributed by atoms with E-state index in [0.717, 1.165) is 0 Å². The van der Waals surface area contributed by atoms with Gasteiger partial charge in [-0.2, -0.15) is 0 Å². The molecular formula is C8H22NiO8P2. The van der Waals surface area contributed by atoms with Crippen LogP contribution >= 0.6 is 17.2 Å². The fourth-order valence-electron chi connectivity index (χ4n) is 0.447. The summed E-state index contributed by atoms with van der Waals surface area (Å²) >= 11 is 0. The summed E-state index contributed by atoms with van der Waals surface area (Å²) in [6, 6.07) is 0. The van der Waals surface area contributed by atoms with Crippen molar-refractivity contribution in [3.05, 3.63) is 0 Å². The molecule has 0 saturated carbocycles. The minimum atomic E-state index is -1.05. The van der Waals surface area contributed by atoms with Crippen molar-refractivity contribution in [1.29, 1.82) is 0 Å². The molecule has 0 aromatic rings. The maximum Gasteiger partial charge on any atom is 0.331 e. The number of carbonyl (C=O) groups excluding carboxylic acids is 2. The van der Waals surface area contributed by atoms with Crippen molar-refractivity contribution in [3.8, 4) is 0 Å². The smallest absolute Gasteiger partial charge is 0.316 e. The van der Waals surface area contributed by atoms with E-state index in [1.807, 2.05) is 13.6 Å². The Kier molecular flexibility index (Phi) is 60.5. The molecule has 0 heterocycles. The first-order chi connectivity index (χ1) is 8.69. The zero-order valence-corrected chi connectivity index (χ0v) is 14.7. The number of hydrogen-bond acceptors (Lipinski definition) is 8. The molecule has 0 amide bonds. The first-order valence-corrected chi connectivity index (χ1v) is 6.31. The van der Waals surface area contributed by atoms with Gasteiger partial charge < -0.3 is 36.7 Å². The van der Waals surface area contributed by atoms with E-state index in [-0.39, 0.29) is 16.5 Å². The van der Waals surface area contributed by atoms with E-state index in [9.17, 15) is 0 Å². The summed E-state index contributed by atoms with van der Waals surface area (Å²) in [5.41, 5.74) is 0. The molecule has 0 aliphatic carbocycles. The summed E-state index contributed by atoms with van der Waals surface area (Å²) in [5, 5.41) is 0. The molecule has 122 valence electrons. The Balaban J connectivity index is -0.0000000522. The summed E-state index contributed by atoms with van der Waals surface area (Å²) in [7, 11) is 7.13. The van der Waals surface area contributed by atoms with E-state index in [2.05, 4.69) is 27.1 Å². The van der Waals surface area contributed by atoms with Gasteiger partial charge in [-0.1, -0.05) is 0 Å². The second-order valence-electron chi connectivity index (χ2n) is 1.54. The summed E-state index contributed by atoms with van der Waals surface area (Å²) in [4.78, 5) is 16.0. The maximum absolute atomic E-state index is 8.00. The summed E-state index contributed by atoms with van der Waals surface area (Å²) < 4.78 is 28.0. The minimum Gasteiger partial charge on any atom is -0.316 e. The van der Waals surface area contributed by atoms with Crippen molar-refractivity contribution in [3.63, 3.8) is 0 Å². The van der Waals surface area contributed by atoms with Gasteiger partial charge in [0.15, 0.2) is 0 Å². The van der Waals surface area contributed by atoms with Crippen LogP contribution in [-0.2, 0) is 53.2 Å². The molecule has 0 spiro atoms. The van der Waals surface area contributed by atoms with Crippen LogP contribution in [0.2, 0.25) is 0 Å². The van der Waals surface area contributed by atoms with E-state index < -0.39 is 17.2 Å². The van der Waals surface area contributed by atoms with Gasteiger partial charge in [0.2, 0.25) is 0 Å². The zero-order valence-electron chi connectivity index (χ0n) is 11.9. The van der Waals surface area contributed by atoms with E-state index in [0.29, 0.717) is 0 Å². The molecule has 19 heavy (non-hydrogen) atoms. The van der Waals surface area contributed by atoms with Crippen molar-refractivity contribution < 1.29 is 53.2 Å². The Morgan fingerprint density at radius 2 is 0.632 bits per heavy atom. The standard InChI is InChI=1S/2C3H9O3P.2CH2O.Ni/c2*1-4-7(5-2)6-3;2*1-2;/h2*1-3H3;2*1H2;. The second-order valence-corrected chi connectivity index (χ2v) is 4.63. The molecule has 0 bridgehead atoms. The van der Waals surface area contributed by atoms with Crippen LogP contribution in [0, 0.1) is 0 Å². The van der Waals surface area contributed by atoms with Crippen molar-refractivity contribution in [2.75, 3.05) is 42.7 Å². The number of carbonyl (C=O) groups is 2. The van der Waals surface area contributed by atoms with E-state index >= 15 is 0 Å². The van der Waals surface area contributed by atoms with Crippen LogP contribution in [0.1, 0.15) is 0 Å². The van der Waals surface area contributed by atoms with E-state index in [1.54, 1.807) is 42.7 Å². The fraction of sp³-hybridized carbons (Fsp3) is 0.750. The van der Waals surface area contributed by atoms with Crippen LogP contribution < -0.4 is 0 Å². The first-order valence-electron chi connectivity index (χ1n) is 4.12. The van der Waals surface area contributed by atoms with Gasteiger partial charge in [-0.3, -0.25) is 0 Å². The van der Waals surface area contributed by atoms with Crippen molar-refractivity contribution in [2.45, 2.75) is 0 Å². The van der Waals surface area contributed by atoms with Crippen LogP contribution in [-0.4, -0.2) is 56.2 Å². The van der Waals surface area contributed by atoms with Crippen molar-refractivity contribution in [1.82, 2.24) is 0 Å². The summed E-state index contributed by atoms with van der Waals surface area (Å²) in [5.74, 6) is 0. The largest absolute Gasteiger partial charge is 0.331 e. The Morgan fingerprint density at radius 3 is 0.632 bits per heavy atom. The summed E-state index contributed by atoms with van der Waals surface area (Å²) in [6.07, 6.45) is 0. The molecule has 8 nitrogen and oxygen atoms in total. The van der Waals surface area contributed by atoms with Gasteiger partial charge in [-0.25, -0.2) is 0 Å². The summed E-state index contributed by atoms with van der Waals surface area (Å²) in [6.45, 7) is 4.00. The fourth-order valence-corrected chi connectivity index (χ4v) is 1.34. The molecule has 0 aliphatic rings. The second kappa shape index (κ2) is 36.2. The predicted octanol–water partition coefficient (Wildman–Crippen LogP) is 1.93. The van der Waals surface area contributed by atoms with Gasteiger partial charge in [0, 0.05) is 59.2 Å². The average Bonchev–Trinajstić information content (AvgIpc) is 2.48. The van der Waals surface area contributed by atoms with E-state index in [4.69, 9.17) is 9.59 Å². The molecule has 0 radical (unpaired) electrons. The van der Waals surface area contributed by atoms with Gasteiger partial charge >= 0.3 is 17.2 Å². The topological polar surface area (TPSA) is 89.5 Å². The first kappa shape index (κ1) is 31.7. The van der Waals surface area contributed by atoms with Gasteiger partial charge in [0.1, 0.15) is 13.6 Å². The monoisotopic (exact) mass is 366 g/mol. The number of hydrogen-bond donors (Lipinski definition) is 0. The molecule has 0 aromatic carbocycles. The molecule has 0 aromatic heterocycles. The molecule has 0 N–H and O–H groups in total. The predicted molar refractivity (Wildman–Crippen MR) is 70.1 cm³/mol. The quantitative estimate of drug-likeness (QED) is 0.520. The Morgan fingerprint density at radius 1 is 0.526 bits per heavy atom. The van der Waals surface area contributed by atoms with Crippen molar-refractivity contribution in [2.24, 2.45) is 0 Å². The molecular weight excluding hydrogens is 345 g/mol. The third-order valence-corrected chi connectivity index (χ3v) is 2.68. The molecule has 0 fully saturated rings. The zero-order chi connectivity index (χ0) is 15.4. The molecule has 0 saturated heterocycles. The molecule has 0 aliphatic heterocycles. The van der Waals surface area contributed by atoms with Crippen LogP contribution in [0.5, 0.6) is 0 Å². The minimum absolute atomic E-state index is 0. The van der Waals surface area contributed by atoms with Gasteiger partial charge in [0.25, 0.3) is 0 Å². The average molecular weight is 367 g/mol. The third-order valence-electron chi connectivity index (χ3n) is 0.894. The molecule has 0 atom stereocenters. The number of rotatable bonds is 6. The Labute approximate surface area is 127 Å². The maximum atomic E-state index is 8.00. The van der Waals surface area contributed by atoms with Crippen LogP contribution in [0.3, 0.4) is 0 Å². The SMILES string of the molecule is C=O.C=O.COP(OC)OC.COP(OC)OC.[Ni]. The van der Waals surface area contributed by atoms with Crippen LogP contribution in [0.25, 0.3) is 0 Å². The van der Waals surface area contributed by atoms with Gasteiger partial charge in [-0.15, -0.1) is 0 Å². The Bertz CT molecular complexity index is 104. The normalized spacial score (nSPS) is 8.00. The molecule has 0 unspecified atom stereocenters. The van der Waals surface area contributed by atoms with Crippen molar-refractivity contribution >= 4 is 30.8 Å². The van der Waals surface area contributed by atoms with Crippen LogP contribution in [0.4, 0.5) is 0 Å². The van der Waals surface area contributed by atoms with Gasteiger partial charge in [-0.05, 0) is 0 Å². The Hall–Kier alpha value is 0.454. The van der Waals surface area contributed by atoms with Gasteiger partial charge in [0.05, 0.1) is 0 Å². The van der Waals surface area contributed by atoms with E-state index in [1.165, 1.54) is 0 Å². The molecule has 11 heteroatoms. The van der Waals surface area contributed by atoms with Crippen LogP contribution in [0.15, 0.2) is 0 Å². The third kappa shape index (κ3) is 32.2. The molecule has 0 rings (SSSR count).